The maximum atomic E-state index is 12.9. The molecule has 8 nitrogen and oxygen atoms in total. The van der Waals surface area contributed by atoms with Crippen LogP contribution in [0.5, 0.6) is 5.75 Å². The smallest absolute Gasteiger partial charge is 0.263 e. The van der Waals surface area contributed by atoms with Crippen molar-refractivity contribution < 1.29 is 17.9 Å². The highest BCUT2D eigenvalue weighted by molar-refractivity contribution is 7.90. The number of piperazine rings is 1. The zero-order chi connectivity index (χ0) is 22.7. The van der Waals surface area contributed by atoms with Crippen LogP contribution in [0.4, 0.5) is 0 Å². The Hall–Kier alpha value is -2.91. The Kier molecular flexibility index (Phi) is 6.48. The molecule has 2 aliphatic heterocycles. The van der Waals surface area contributed by atoms with Crippen molar-refractivity contribution in [3.63, 3.8) is 0 Å². The monoisotopic (exact) mass is 456 g/mol. The van der Waals surface area contributed by atoms with Gasteiger partial charge in [0.1, 0.15) is 17.6 Å². The van der Waals surface area contributed by atoms with Gasteiger partial charge in [0.05, 0.1) is 12.0 Å². The number of methoxy groups -OCH3 is 1. The van der Waals surface area contributed by atoms with Crippen molar-refractivity contribution in [3.05, 3.63) is 59.7 Å². The molecule has 0 aliphatic carbocycles. The second-order valence-electron chi connectivity index (χ2n) is 8.02. The quantitative estimate of drug-likeness (QED) is 0.712. The molecule has 0 unspecified atom stereocenters. The van der Waals surface area contributed by atoms with Crippen molar-refractivity contribution in [1.29, 1.82) is 0 Å². The minimum Gasteiger partial charge on any atom is -0.497 e. The molecule has 1 N–H and O–H groups in total. The van der Waals surface area contributed by atoms with E-state index in [0.29, 0.717) is 18.7 Å². The molecule has 2 heterocycles. The van der Waals surface area contributed by atoms with Gasteiger partial charge in [-0.05, 0) is 43.2 Å². The fourth-order valence-corrected chi connectivity index (χ4v) is 5.25. The molecule has 4 rings (SSSR count). The molecule has 1 amide bonds. The Labute approximate surface area is 188 Å². The molecule has 0 saturated carbocycles. The van der Waals surface area contributed by atoms with E-state index >= 15 is 0 Å². The first kappa shape index (κ1) is 22.3. The Morgan fingerprint density at radius 3 is 2.47 bits per heavy atom. The number of benzene rings is 2. The van der Waals surface area contributed by atoms with Crippen LogP contribution >= 0.6 is 0 Å². The number of carbonyl (C=O) groups is 1. The molecule has 0 aromatic heterocycles. The summed E-state index contributed by atoms with van der Waals surface area (Å²) in [7, 11) is -1.95. The summed E-state index contributed by atoms with van der Waals surface area (Å²) in [6.45, 7) is 5.53. The third-order valence-corrected chi connectivity index (χ3v) is 7.30. The first-order valence-corrected chi connectivity index (χ1v) is 12.2. The molecule has 0 spiro atoms. The van der Waals surface area contributed by atoms with Crippen LogP contribution in [0.2, 0.25) is 0 Å². The number of nitrogens with one attached hydrogen (secondary N) is 1. The van der Waals surface area contributed by atoms with Gasteiger partial charge in [0.25, 0.3) is 10.0 Å². The van der Waals surface area contributed by atoms with Gasteiger partial charge in [-0.1, -0.05) is 24.3 Å². The topological polar surface area (TPSA) is 91.3 Å². The summed E-state index contributed by atoms with van der Waals surface area (Å²) < 4.78 is 32.2. The van der Waals surface area contributed by atoms with E-state index in [1.165, 1.54) is 11.6 Å². The molecule has 0 bridgehead atoms. The molecular formula is C23H28N4O4S. The van der Waals surface area contributed by atoms with Gasteiger partial charge in [0.2, 0.25) is 5.91 Å². The maximum absolute atomic E-state index is 12.9. The van der Waals surface area contributed by atoms with E-state index < -0.39 is 16.1 Å². The Morgan fingerprint density at radius 1 is 1.09 bits per heavy atom. The van der Waals surface area contributed by atoms with E-state index in [1.54, 1.807) is 32.2 Å². The number of sulfonamides is 1. The highest BCUT2D eigenvalue weighted by Gasteiger charge is 2.32. The summed E-state index contributed by atoms with van der Waals surface area (Å²) in [5.74, 6) is 1.00. The van der Waals surface area contributed by atoms with Crippen LogP contribution in [0.3, 0.4) is 0 Å². The number of nitrogens with zero attached hydrogens (tertiary/aromatic N) is 3. The van der Waals surface area contributed by atoms with Gasteiger partial charge in [-0.25, -0.2) is 8.42 Å². The largest absolute Gasteiger partial charge is 0.497 e. The normalized spacial score (nSPS) is 19.9. The summed E-state index contributed by atoms with van der Waals surface area (Å²) in [6, 6.07) is 14.1. The van der Waals surface area contributed by atoms with Gasteiger partial charge in [-0.2, -0.15) is 0 Å². The van der Waals surface area contributed by atoms with E-state index in [0.717, 1.165) is 31.8 Å². The molecule has 0 radical (unpaired) electrons. The second-order valence-corrected chi connectivity index (χ2v) is 9.67. The lowest BCUT2D eigenvalue weighted by Crippen LogP contribution is -2.51. The van der Waals surface area contributed by atoms with Crippen molar-refractivity contribution in [2.75, 3.05) is 39.8 Å². The summed E-state index contributed by atoms with van der Waals surface area (Å²) in [5, 5.41) is 0. The lowest BCUT2D eigenvalue weighted by atomic mass is 10.1. The zero-order valence-corrected chi connectivity index (χ0v) is 19.1. The molecule has 2 aromatic carbocycles. The fraction of sp³-hybridized carbons (Fsp3) is 0.391. The number of rotatable bonds is 6. The van der Waals surface area contributed by atoms with Gasteiger partial charge in [-0.15, -0.1) is 0 Å². The highest BCUT2D eigenvalue weighted by atomic mass is 32.2. The molecule has 170 valence electrons. The standard InChI is InChI=1S/C23H28N4O4S/c1-17(24-22-20-5-3-4-6-21(20)32(29,30)25-22)23(28)27-15-13-26(14-16-27)12-11-18-7-9-19(31-2)10-8-18/h3-10,17H,11-16H2,1-2H3,(H,24,25)/t17-/m0/s1. The van der Waals surface area contributed by atoms with Crippen molar-refractivity contribution in [3.8, 4) is 5.75 Å². The van der Waals surface area contributed by atoms with E-state index in [1.807, 2.05) is 17.0 Å². The second kappa shape index (κ2) is 9.30. The molecule has 1 fully saturated rings. The van der Waals surface area contributed by atoms with Gasteiger partial charge in [0, 0.05) is 38.3 Å². The number of amides is 1. The summed E-state index contributed by atoms with van der Waals surface area (Å²) in [5.41, 5.74) is 1.77. The van der Waals surface area contributed by atoms with Crippen LogP contribution in [0, 0.1) is 0 Å². The van der Waals surface area contributed by atoms with Gasteiger partial charge >= 0.3 is 0 Å². The van der Waals surface area contributed by atoms with Crippen LogP contribution in [-0.2, 0) is 21.2 Å². The van der Waals surface area contributed by atoms with Crippen molar-refractivity contribution in [2.24, 2.45) is 4.99 Å². The molecule has 2 aromatic rings. The van der Waals surface area contributed by atoms with Crippen LogP contribution in [-0.4, -0.2) is 75.8 Å². The van der Waals surface area contributed by atoms with Crippen LogP contribution in [0.1, 0.15) is 18.1 Å². The molecule has 1 saturated heterocycles. The molecule has 9 heteroatoms. The van der Waals surface area contributed by atoms with E-state index in [-0.39, 0.29) is 16.6 Å². The SMILES string of the molecule is COc1ccc(CCN2CCN(C(=O)[C@H](C)N=C3NS(=O)(=O)c4ccccc43)CC2)cc1. The minimum atomic E-state index is -3.61. The summed E-state index contributed by atoms with van der Waals surface area (Å²) >= 11 is 0. The number of fused-ring (bicyclic) bond motifs is 1. The zero-order valence-electron chi connectivity index (χ0n) is 18.3. The van der Waals surface area contributed by atoms with E-state index in [2.05, 4.69) is 26.7 Å². The van der Waals surface area contributed by atoms with Crippen molar-refractivity contribution in [1.82, 2.24) is 14.5 Å². The van der Waals surface area contributed by atoms with Gasteiger partial charge in [0.15, 0.2) is 0 Å². The van der Waals surface area contributed by atoms with Crippen molar-refractivity contribution >= 4 is 21.8 Å². The van der Waals surface area contributed by atoms with Gasteiger partial charge < -0.3 is 9.64 Å². The van der Waals surface area contributed by atoms with Crippen LogP contribution in [0.25, 0.3) is 0 Å². The third-order valence-electron chi connectivity index (χ3n) is 5.90. The number of amidine groups is 1. The van der Waals surface area contributed by atoms with E-state index in [9.17, 15) is 13.2 Å². The van der Waals surface area contributed by atoms with Crippen LogP contribution in [0.15, 0.2) is 58.4 Å². The molecule has 1 atom stereocenters. The first-order valence-electron chi connectivity index (χ1n) is 10.7. The maximum Gasteiger partial charge on any atom is 0.263 e. The van der Waals surface area contributed by atoms with Crippen molar-refractivity contribution in [2.45, 2.75) is 24.3 Å². The Morgan fingerprint density at radius 2 is 1.78 bits per heavy atom. The first-order chi connectivity index (χ1) is 15.4. The van der Waals surface area contributed by atoms with Crippen LogP contribution < -0.4 is 9.46 Å². The van der Waals surface area contributed by atoms with Gasteiger partial charge in [-0.3, -0.25) is 19.4 Å². The number of hydrogen-bond donors (Lipinski definition) is 1. The molecular weight excluding hydrogens is 428 g/mol. The average Bonchev–Trinajstić information content (AvgIpc) is 3.07. The summed E-state index contributed by atoms with van der Waals surface area (Å²) in [6.07, 6.45) is 0.946. The fourth-order valence-electron chi connectivity index (χ4n) is 4.01. The number of ether oxygens (including phenoxy) is 1. The minimum absolute atomic E-state index is 0.0871. The average molecular weight is 457 g/mol. The van der Waals surface area contributed by atoms with E-state index in [4.69, 9.17) is 4.74 Å². The Balaban J connectivity index is 1.31. The predicted octanol–water partition coefficient (Wildman–Crippen LogP) is 1.51. The number of carbonyl (C=O) groups excluding carboxylic acids is 1. The number of aliphatic imine (C=N–C) groups is 1. The number of hydrogen-bond acceptors (Lipinski definition) is 6. The lowest BCUT2D eigenvalue weighted by molar-refractivity contribution is -0.133. The molecule has 32 heavy (non-hydrogen) atoms. The Bertz CT molecular complexity index is 1110. The molecule has 2 aliphatic rings. The predicted molar refractivity (Wildman–Crippen MR) is 122 cm³/mol. The summed E-state index contributed by atoms with van der Waals surface area (Å²) in [4.78, 5) is 21.7. The highest BCUT2D eigenvalue weighted by Crippen LogP contribution is 2.23. The third kappa shape index (κ3) is 4.78. The lowest BCUT2D eigenvalue weighted by Gasteiger charge is -2.35.